The topological polar surface area (TPSA) is 94.9 Å². The number of carbonyl (C=O) groups excluding carboxylic acids is 3. The molecule has 3 aliphatic rings. The smallest absolute Gasteiger partial charge is 0.234 e. The molecule has 0 radical (unpaired) electrons. The number of carbonyl (C=O) groups is 3. The van der Waals surface area contributed by atoms with Crippen LogP contribution in [0.4, 0.5) is 0 Å². The van der Waals surface area contributed by atoms with Crippen LogP contribution in [0.1, 0.15) is 37.8 Å². The van der Waals surface area contributed by atoms with E-state index in [2.05, 4.69) is 0 Å². The SMILES string of the molecule is C[C@H](c1ccccc1)N1C(=O)[C@H]2[C@H]3[C@H](O)[C@H](O)CC(=O)[C@@H]3CC[C@H]2C1=O. The number of aliphatic hydroxyl groups excluding tert-OH is 2. The summed E-state index contributed by atoms with van der Waals surface area (Å²) >= 11 is 0. The van der Waals surface area contributed by atoms with Crippen molar-refractivity contribution in [2.45, 2.75) is 44.4 Å². The van der Waals surface area contributed by atoms with Crippen molar-refractivity contribution >= 4 is 17.6 Å². The molecule has 0 aromatic heterocycles. The second-order valence-electron chi connectivity index (χ2n) is 7.75. The first-order valence-electron chi connectivity index (χ1n) is 9.22. The van der Waals surface area contributed by atoms with E-state index in [9.17, 15) is 24.6 Å². The third-order valence-corrected chi connectivity index (χ3v) is 6.46. The summed E-state index contributed by atoms with van der Waals surface area (Å²) in [6, 6.07) is 8.94. The van der Waals surface area contributed by atoms with E-state index in [1.165, 1.54) is 4.90 Å². The summed E-state index contributed by atoms with van der Waals surface area (Å²) in [6.45, 7) is 1.82. The minimum absolute atomic E-state index is 0.0774. The van der Waals surface area contributed by atoms with Crippen LogP contribution in [0.25, 0.3) is 0 Å². The molecule has 7 atom stereocenters. The molecule has 2 amide bonds. The molecular weight excluding hydrogens is 334 g/mol. The average molecular weight is 357 g/mol. The minimum atomic E-state index is -1.16. The standard InChI is InChI=1S/C20H23NO5/c1-10(11-5-3-2-4-6-11)21-19(25)13-8-7-12-14(22)9-15(23)18(24)16(12)17(13)20(21)26/h2-6,10,12-13,15-18,23-24H,7-9H2,1H3/t10-,12+,13-,15-,16+,17-,18-/m1/s1. The van der Waals surface area contributed by atoms with E-state index in [1.807, 2.05) is 37.3 Å². The lowest BCUT2D eigenvalue weighted by atomic mass is 9.60. The molecule has 2 N–H and O–H groups in total. The predicted octanol–water partition coefficient (Wildman–Crippen LogP) is 1.07. The number of benzene rings is 1. The Bertz CT molecular complexity index is 748. The first-order chi connectivity index (χ1) is 12.4. The summed E-state index contributed by atoms with van der Waals surface area (Å²) in [7, 11) is 0. The molecule has 4 rings (SSSR count). The third kappa shape index (κ3) is 2.43. The molecule has 1 aliphatic heterocycles. The van der Waals surface area contributed by atoms with Gasteiger partial charge in [-0.25, -0.2) is 0 Å². The normalized spacial score (nSPS) is 38.1. The summed E-state index contributed by atoms with van der Waals surface area (Å²) in [6.07, 6.45) is -1.42. The van der Waals surface area contributed by atoms with Gasteiger partial charge in [0.2, 0.25) is 11.8 Å². The van der Waals surface area contributed by atoms with Crippen molar-refractivity contribution in [2.75, 3.05) is 0 Å². The summed E-state index contributed by atoms with van der Waals surface area (Å²) in [5, 5.41) is 20.5. The number of hydrogen-bond acceptors (Lipinski definition) is 5. The third-order valence-electron chi connectivity index (χ3n) is 6.46. The molecule has 2 aliphatic carbocycles. The molecule has 3 fully saturated rings. The van der Waals surface area contributed by atoms with Crippen molar-refractivity contribution in [1.82, 2.24) is 4.90 Å². The molecule has 0 spiro atoms. The molecule has 1 heterocycles. The number of aliphatic hydroxyl groups is 2. The largest absolute Gasteiger partial charge is 0.390 e. The van der Waals surface area contributed by atoms with Crippen molar-refractivity contribution in [3.8, 4) is 0 Å². The lowest BCUT2D eigenvalue weighted by Crippen LogP contribution is -2.54. The lowest BCUT2D eigenvalue weighted by Gasteiger charge is -2.44. The number of amides is 2. The molecular formula is C20H23NO5. The number of imide groups is 1. The highest BCUT2D eigenvalue weighted by Gasteiger charge is 2.60. The number of nitrogens with zero attached hydrogens (tertiary/aromatic N) is 1. The Balaban J connectivity index is 1.68. The monoisotopic (exact) mass is 357 g/mol. The maximum atomic E-state index is 13.2. The fourth-order valence-corrected chi connectivity index (χ4v) is 5.13. The van der Waals surface area contributed by atoms with Gasteiger partial charge in [0.25, 0.3) is 0 Å². The zero-order valence-electron chi connectivity index (χ0n) is 14.6. The average Bonchev–Trinajstić information content (AvgIpc) is 2.90. The van der Waals surface area contributed by atoms with Crippen molar-refractivity contribution in [1.29, 1.82) is 0 Å². The highest BCUT2D eigenvalue weighted by atomic mass is 16.3. The zero-order chi connectivity index (χ0) is 18.6. The molecule has 138 valence electrons. The summed E-state index contributed by atoms with van der Waals surface area (Å²) in [5.74, 6) is -3.01. The van der Waals surface area contributed by atoms with Gasteiger partial charge < -0.3 is 10.2 Å². The predicted molar refractivity (Wildman–Crippen MR) is 91.5 cm³/mol. The van der Waals surface area contributed by atoms with E-state index in [4.69, 9.17) is 0 Å². The van der Waals surface area contributed by atoms with Crippen LogP contribution in [0.3, 0.4) is 0 Å². The molecule has 1 saturated heterocycles. The Labute approximate surface area is 151 Å². The molecule has 1 aromatic rings. The van der Waals surface area contributed by atoms with Gasteiger partial charge in [-0.2, -0.15) is 0 Å². The second kappa shape index (κ2) is 6.28. The van der Waals surface area contributed by atoms with Crippen LogP contribution in [0.5, 0.6) is 0 Å². The Morgan fingerprint density at radius 1 is 1.00 bits per heavy atom. The first kappa shape index (κ1) is 17.4. The van der Waals surface area contributed by atoms with Gasteiger partial charge in [0.15, 0.2) is 0 Å². The van der Waals surface area contributed by atoms with Crippen LogP contribution < -0.4 is 0 Å². The van der Waals surface area contributed by atoms with E-state index in [1.54, 1.807) is 0 Å². The van der Waals surface area contributed by atoms with Gasteiger partial charge in [-0.1, -0.05) is 30.3 Å². The molecule has 1 aromatic carbocycles. The maximum Gasteiger partial charge on any atom is 0.234 e. The fraction of sp³-hybridized carbons (Fsp3) is 0.550. The molecule has 6 nitrogen and oxygen atoms in total. The molecule has 26 heavy (non-hydrogen) atoms. The van der Waals surface area contributed by atoms with Crippen LogP contribution in [0.15, 0.2) is 30.3 Å². The van der Waals surface area contributed by atoms with Crippen LogP contribution in [0, 0.1) is 23.7 Å². The first-order valence-corrected chi connectivity index (χ1v) is 9.22. The van der Waals surface area contributed by atoms with Gasteiger partial charge in [0, 0.05) is 18.3 Å². The minimum Gasteiger partial charge on any atom is -0.390 e. The van der Waals surface area contributed by atoms with Gasteiger partial charge >= 0.3 is 0 Å². The Morgan fingerprint density at radius 3 is 2.35 bits per heavy atom. The number of likely N-dealkylation sites (tertiary alicyclic amines) is 1. The summed E-state index contributed by atoms with van der Waals surface area (Å²) < 4.78 is 0. The van der Waals surface area contributed by atoms with Crippen LogP contribution >= 0.6 is 0 Å². The van der Waals surface area contributed by atoms with Gasteiger partial charge in [-0.3, -0.25) is 19.3 Å². The van der Waals surface area contributed by atoms with Crippen molar-refractivity contribution in [3.05, 3.63) is 35.9 Å². The molecule has 2 saturated carbocycles. The maximum absolute atomic E-state index is 13.2. The number of rotatable bonds is 2. The van der Waals surface area contributed by atoms with E-state index in [-0.39, 0.29) is 24.0 Å². The van der Waals surface area contributed by atoms with Crippen molar-refractivity contribution in [3.63, 3.8) is 0 Å². The summed E-state index contributed by atoms with van der Waals surface area (Å²) in [4.78, 5) is 39.8. The van der Waals surface area contributed by atoms with Gasteiger partial charge in [-0.15, -0.1) is 0 Å². The molecule has 6 heteroatoms. The number of fused-ring (bicyclic) bond motifs is 3. The molecule has 0 bridgehead atoms. The van der Waals surface area contributed by atoms with E-state index in [0.29, 0.717) is 12.8 Å². The summed E-state index contributed by atoms with van der Waals surface area (Å²) in [5.41, 5.74) is 0.865. The molecule has 0 unspecified atom stereocenters. The van der Waals surface area contributed by atoms with Crippen LogP contribution in [-0.4, -0.2) is 44.9 Å². The highest BCUT2D eigenvalue weighted by molar-refractivity contribution is 6.06. The highest BCUT2D eigenvalue weighted by Crippen LogP contribution is 2.50. The number of ketones is 1. The zero-order valence-corrected chi connectivity index (χ0v) is 14.6. The Morgan fingerprint density at radius 2 is 1.65 bits per heavy atom. The Hall–Kier alpha value is -2.05. The number of hydrogen-bond donors (Lipinski definition) is 2. The van der Waals surface area contributed by atoms with Crippen molar-refractivity contribution < 1.29 is 24.6 Å². The number of Topliss-reactive ketones (excluding diaryl/α,β-unsaturated/α-hetero) is 1. The fourth-order valence-electron chi connectivity index (χ4n) is 5.13. The van der Waals surface area contributed by atoms with Crippen LogP contribution in [-0.2, 0) is 14.4 Å². The van der Waals surface area contributed by atoms with E-state index >= 15 is 0 Å². The van der Waals surface area contributed by atoms with Gasteiger partial charge in [0.1, 0.15) is 5.78 Å². The second-order valence-corrected chi connectivity index (χ2v) is 7.75. The van der Waals surface area contributed by atoms with Crippen LogP contribution in [0.2, 0.25) is 0 Å². The van der Waals surface area contributed by atoms with Crippen molar-refractivity contribution in [2.24, 2.45) is 23.7 Å². The van der Waals surface area contributed by atoms with E-state index < -0.39 is 41.9 Å². The van der Waals surface area contributed by atoms with Gasteiger partial charge in [-0.05, 0) is 25.3 Å². The lowest BCUT2D eigenvalue weighted by molar-refractivity contribution is -0.156. The quantitative estimate of drug-likeness (QED) is 0.772. The van der Waals surface area contributed by atoms with E-state index in [0.717, 1.165) is 5.56 Å². The Kier molecular flexibility index (Phi) is 4.20. The van der Waals surface area contributed by atoms with Gasteiger partial charge in [0.05, 0.1) is 30.1 Å².